The molecule has 0 bridgehead atoms. The summed E-state index contributed by atoms with van der Waals surface area (Å²) in [6.45, 7) is 8.78. The van der Waals surface area contributed by atoms with Gasteiger partial charge in [-0.05, 0) is 50.8 Å². The number of fused-ring (bicyclic) bond motifs is 1. The molecule has 2 heterocycles. The predicted molar refractivity (Wildman–Crippen MR) is 134 cm³/mol. The van der Waals surface area contributed by atoms with E-state index < -0.39 is 0 Å². The van der Waals surface area contributed by atoms with Crippen LogP contribution in [0, 0.1) is 12.3 Å². The summed E-state index contributed by atoms with van der Waals surface area (Å²) >= 11 is 0. The maximum absolute atomic E-state index is 5.79. The molecule has 0 saturated heterocycles. The van der Waals surface area contributed by atoms with E-state index in [0.717, 1.165) is 58.9 Å². The van der Waals surface area contributed by atoms with E-state index in [9.17, 15) is 0 Å². The first-order chi connectivity index (χ1) is 16.4. The van der Waals surface area contributed by atoms with Crippen LogP contribution in [0.4, 0.5) is 0 Å². The Balaban J connectivity index is 1.38. The quantitative estimate of drug-likeness (QED) is 0.335. The lowest BCUT2D eigenvalue weighted by molar-refractivity contribution is -0.000158. The van der Waals surface area contributed by atoms with Crippen LogP contribution in [0.15, 0.2) is 65.0 Å². The van der Waals surface area contributed by atoms with Gasteiger partial charge in [0.2, 0.25) is 0 Å². The van der Waals surface area contributed by atoms with Gasteiger partial charge in [0.05, 0.1) is 11.4 Å². The zero-order chi connectivity index (χ0) is 24.0. The lowest BCUT2D eigenvalue weighted by Crippen LogP contribution is -2.24. The minimum absolute atomic E-state index is 0.272. The normalized spacial score (nSPS) is 15.2. The maximum Gasteiger partial charge on any atom is 0.159 e. The van der Waals surface area contributed by atoms with E-state index >= 15 is 0 Å². The molecule has 0 atom stereocenters. The summed E-state index contributed by atoms with van der Waals surface area (Å²) < 4.78 is 0. The van der Waals surface area contributed by atoms with Crippen LogP contribution in [0.1, 0.15) is 56.3 Å². The van der Waals surface area contributed by atoms with Crippen molar-refractivity contribution in [3.8, 4) is 11.4 Å². The van der Waals surface area contributed by atoms with Crippen molar-refractivity contribution in [3.05, 3.63) is 77.4 Å². The van der Waals surface area contributed by atoms with Crippen LogP contribution < -0.4 is 0 Å². The number of hydrogen-bond acceptors (Lipinski definition) is 7. The average molecular weight is 458 g/mol. The number of hydrogen-bond donors (Lipinski definition) is 0. The first-order valence-corrected chi connectivity index (χ1v) is 11.6. The van der Waals surface area contributed by atoms with Crippen molar-refractivity contribution in [3.63, 3.8) is 0 Å². The molecule has 1 aromatic carbocycles. The lowest BCUT2D eigenvalue weighted by atomic mass is 9.95. The predicted octanol–water partition coefficient (Wildman–Crippen LogP) is 5.37. The van der Waals surface area contributed by atoms with Crippen molar-refractivity contribution in [1.29, 1.82) is 0 Å². The van der Waals surface area contributed by atoms with Crippen LogP contribution in [-0.2, 0) is 16.1 Å². The fraction of sp³-hybridized carbons (Fsp3) is 0.370. The second kappa shape index (κ2) is 10.5. The van der Waals surface area contributed by atoms with Crippen molar-refractivity contribution >= 4 is 11.4 Å². The summed E-state index contributed by atoms with van der Waals surface area (Å²) in [5, 5.41) is 8.70. The van der Waals surface area contributed by atoms with Crippen LogP contribution in [0.5, 0.6) is 0 Å². The van der Waals surface area contributed by atoms with Crippen molar-refractivity contribution in [2.75, 3.05) is 13.2 Å². The van der Waals surface area contributed by atoms with Crippen LogP contribution in [0.25, 0.3) is 11.4 Å². The zero-order valence-electron chi connectivity index (χ0n) is 20.3. The van der Waals surface area contributed by atoms with E-state index in [1.807, 2.05) is 68.6 Å². The molecule has 1 aliphatic carbocycles. The summed E-state index contributed by atoms with van der Waals surface area (Å²) in [6.07, 6.45) is 4.72. The van der Waals surface area contributed by atoms with E-state index in [4.69, 9.17) is 14.7 Å². The molecule has 0 spiro atoms. The Hall–Kier alpha value is -3.61. The number of aromatic nitrogens is 3. The van der Waals surface area contributed by atoms with Gasteiger partial charge >= 0.3 is 0 Å². The van der Waals surface area contributed by atoms with Crippen LogP contribution in [-0.4, -0.2) is 39.6 Å². The van der Waals surface area contributed by atoms with E-state index in [1.54, 1.807) is 0 Å². The van der Waals surface area contributed by atoms with E-state index in [1.165, 1.54) is 0 Å². The molecule has 0 fully saturated rings. The Morgan fingerprint density at radius 2 is 1.76 bits per heavy atom. The molecule has 34 heavy (non-hydrogen) atoms. The molecule has 3 aromatic rings. The minimum atomic E-state index is -0.272. The molecule has 2 aromatic heterocycles. The fourth-order valence-electron chi connectivity index (χ4n) is 3.64. The standard InChI is InChI=1S/C27H31N5O2/c1-19-10-8-14-23(29-19)20(2)31-33-17-27(3,4)18-34-32-24-15-9-13-22-16-28-26(30-25(22)24)21-11-6-5-7-12-21/h5-8,10-12,14,16H,9,13,15,17-18H2,1-4H3/b31-20+,32-24+. The maximum atomic E-state index is 5.79. The van der Waals surface area contributed by atoms with Crippen molar-refractivity contribution in [2.24, 2.45) is 15.7 Å². The monoisotopic (exact) mass is 457 g/mol. The van der Waals surface area contributed by atoms with Crippen molar-refractivity contribution in [1.82, 2.24) is 15.0 Å². The van der Waals surface area contributed by atoms with Gasteiger partial charge in [-0.15, -0.1) is 0 Å². The van der Waals surface area contributed by atoms with Crippen LogP contribution >= 0.6 is 0 Å². The molecule has 0 saturated carbocycles. The SMILES string of the molecule is C/C(=N\OCC(C)(C)CO/N=C1\CCCc2cnc(-c3ccccc3)nc21)c1cccc(C)n1. The highest BCUT2D eigenvalue weighted by Gasteiger charge is 2.23. The highest BCUT2D eigenvalue weighted by molar-refractivity contribution is 6.01. The second-order valence-electron chi connectivity index (χ2n) is 9.38. The van der Waals surface area contributed by atoms with Gasteiger partial charge in [-0.3, -0.25) is 4.98 Å². The summed E-state index contributed by atoms with van der Waals surface area (Å²) in [6, 6.07) is 15.8. The number of benzene rings is 1. The van der Waals surface area contributed by atoms with Gasteiger partial charge in [0.25, 0.3) is 0 Å². The van der Waals surface area contributed by atoms with E-state index in [0.29, 0.717) is 19.0 Å². The molecule has 176 valence electrons. The molecule has 7 heteroatoms. The van der Waals surface area contributed by atoms with Gasteiger partial charge in [-0.25, -0.2) is 9.97 Å². The highest BCUT2D eigenvalue weighted by Crippen LogP contribution is 2.24. The summed E-state index contributed by atoms with van der Waals surface area (Å²) in [7, 11) is 0. The van der Waals surface area contributed by atoms with Gasteiger partial charge in [-0.1, -0.05) is 60.6 Å². The lowest BCUT2D eigenvalue weighted by Gasteiger charge is -2.22. The third-order valence-corrected chi connectivity index (χ3v) is 5.58. The topological polar surface area (TPSA) is 81.9 Å². The fourth-order valence-corrected chi connectivity index (χ4v) is 3.64. The molecule has 0 amide bonds. The van der Waals surface area contributed by atoms with E-state index in [2.05, 4.69) is 34.1 Å². The second-order valence-corrected chi connectivity index (χ2v) is 9.38. The minimum Gasteiger partial charge on any atom is -0.395 e. The smallest absolute Gasteiger partial charge is 0.159 e. The zero-order valence-corrected chi connectivity index (χ0v) is 20.3. The molecule has 0 radical (unpaired) electrons. The Bertz CT molecular complexity index is 1190. The van der Waals surface area contributed by atoms with Gasteiger partial charge < -0.3 is 9.68 Å². The van der Waals surface area contributed by atoms with Crippen LogP contribution in [0.3, 0.4) is 0 Å². The third-order valence-electron chi connectivity index (χ3n) is 5.58. The summed E-state index contributed by atoms with van der Waals surface area (Å²) in [5.74, 6) is 0.707. The first kappa shape index (κ1) is 23.5. The van der Waals surface area contributed by atoms with Crippen LogP contribution in [0.2, 0.25) is 0 Å². The van der Waals surface area contributed by atoms with Gasteiger partial charge in [0.15, 0.2) is 5.82 Å². The number of pyridine rings is 1. The average Bonchev–Trinajstić information content (AvgIpc) is 2.84. The number of nitrogens with zero attached hydrogens (tertiary/aromatic N) is 5. The number of oxime groups is 2. The van der Waals surface area contributed by atoms with Gasteiger partial charge in [-0.2, -0.15) is 0 Å². The Morgan fingerprint density at radius 3 is 2.56 bits per heavy atom. The molecule has 0 aliphatic heterocycles. The molecule has 4 rings (SSSR count). The molecule has 0 N–H and O–H groups in total. The molecular formula is C27H31N5O2. The molecule has 1 aliphatic rings. The summed E-state index contributed by atoms with van der Waals surface area (Å²) in [4.78, 5) is 25.2. The Kier molecular flexibility index (Phi) is 7.30. The Morgan fingerprint density at radius 1 is 0.971 bits per heavy atom. The molecule has 0 unspecified atom stereocenters. The largest absolute Gasteiger partial charge is 0.395 e. The molecule has 7 nitrogen and oxygen atoms in total. The molecular weight excluding hydrogens is 426 g/mol. The van der Waals surface area contributed by atoms with Gasteiger partial charge in [0, 0.05) is 22.9 Å². The third kappa shape index (κ3) is 6.04. The first-order valence-electron chi connectivity index (χ1n) is 11.6. The Labute approximate surface area is 201 Å². The van der Waals surface area contributed by atoms with Gasteiger partial charge in [0.1, 0.15) is 24.6 Å². The number of aryl methyl sites for hydroxylation is 2. The highest BCUT2D eigenvalue weighted by atomic mass is 16.6. The van der Waals surface area contributed by atoms with E-state index in [-0.39, 0.29) is 5.41 Å². The van der Waals surface area contributed by atoms with Crippen molar-refractivity contribution < 1.29 is 9.68 Å². The van der Waals surface area contributed by atoms with Crippen molar-refractivity contribution in [2.45, 2.75) is 47.0 Å². The summed E-state index contributed by atoms with van der Waals surface area (Å²) in [5.41, 5.74) is 6.10. The number of rotatable bonds is 8.